The van der Waals surface area contributed by atoms with Gasteiger partial charge in [-0.1, -0.05) is 20.8 Å². The molecule has 3 nitrogen and oxygen atoms in total. The second-order valence-corrected chi connectivity index (χ2v) is 2.25. The molecule has 3 heteroatoms. The zero-order valence-electron chi connectivity index (χ0n) is 7.46. The normalized spacial score (nSPS) is 29.6. The minimum absolute atomic E-state index is 0.0295. The number of carbonyl (C=O) groups excluding carboxylic acids is 1. The molecule has 0 radical (unpaired) electrons. The number of ether oxygens (including phenoxy) is 1. The van der Waals surface area contributed by atoms with Crippen molar-refractivity contribution in [1.82, 2.24) is 0 Å². The van der Waals surface area contributed by atoms with Crippen LogP contribution in [0.4, 0.5) is 0 Å². The van der Waals surface area contributed by atoms with Gasteiger partial charge in [-0.25, -0.2) is 0 Å². The first-order valence-electron chi connectivity index (χ1n) is 4.15. The molecule has 0 aromatic rings. The maximum atomic E-state index is 10.7. The number of ketones is 1. The molecule has 2 atom stereocenters. The Bertz CT molecular complexity index is 125. The van der Waals surface area contributed by atoms with Crippen molar-refractivity contribution in [2.75, 3.05) is 6.61 Å². The second kappa shape index (κ2) is 5.27. The van der Waals surface area contributed by atoms with Crippen LogP contribution in [-0.2, 0) is 9.53 Å². The Labute approximate surface area is 67.9 Å². The zero-order chi connectivity index (χ0) is 8.85. The molecular weight excluding hydrogens is 142 g/mol. The summed E-state index contributed by atoms with van der Waals surface area (Å²) in [5.41, 5.74) is 5.46. The van der Waals surface area contributed by atoms with Crippen LogP contribution in [0.5, 0.6) is 0 Å². The maximum absolute atomic E-state index is 10.7. The molecule has 1 heterocycles. The van der Waals surface area contributed by atoms with Crippen molar-refractivity contribution in [3.8, 4) is 0 Å². The number of hydrogen-bond donors (Lipinski definition) is 1. The first-order chi connectivity index (χ1) is 5.25. The van der Waals surface area contributed by atoms with E-state index in [1.807, 2.05) is 20.8 Å². The SMILES string of the molecule is CC.CCC1OCC(=O)C1N. The Kier molecular flexibility index (Phi) is 5.07. The lowest BCUT2D eigenvalue weighted by Crippen LogP contribution is -2.35. The van der Waals surface area contributed by atoms with Crippen molar-refractivity contribution in [3.05, 3.63) is 0 Å². The minimum Gasteiger partial charge on any atom is -0.368 e. The third-order valence-electron chi connectivity index (χ3n) is 1.61. The first kappa shape index (κ1) is 10.6. The molecule has 11 heavy (non-hydrogen) atoms. The van der Waals surface area contributed by atoms with E-state index in [1.54, 1.807) is 0 Å². The van der Waals surface area contributed by atoms with Crippen molar-refractivity contribution < 1.29 is 9.53 Å². The summed E-state index contributed by atoms with van der Waals surface area (Å²) in [5.74, 6) is 0.0295. The van der Waals surface area contributed by atoms with Gasteiger partial charge in [0.15, 0.2) is 5.78 Å². The van der Waals surface area contributed by atoms with Crippen molar-refractivity contribution in [3.63, 3.8) is 0 Å². The average Bonchev–Trinajstić information content (AvgIpc) is 2.37. The fourth-order valence-corrected chi connectivity index (χ4v) is 0.968. The number of hydrogen-bond acceptors (Lipinski definition) is 3. The van der Waals surface area contributed by atoms with Crippen LogP contribution in [0.25, 0.3) is 0 Å². The fraction of sp³-hybridized carbons (Fsp3) is 0.875. The Morgan fingerprint density at radius 1 is 1.64 bits per heavy atom. The smallest absolute Gasteiger partial charge is 0.177 e. The van der Waals surface area contributed by atoms with Crippen LogP contribution < -0.4 is 5.73 Å². The van der Waals surface area contributed by atoms with Crippen LogP contribution in [0.1, 0.15) is 27.2 Å². The molecule has 2 N–H and O–H groups in total. The summed E-state index contributed by atoms with van der Waals surface area (Å²) < 4.78 is 5.05. The molecular formula is C8H17NO2. The van der Waals surface area contributed by atoms with Gasteiger partial charge in [0.1, 0.15) is 6.61 Å². The van der Waals surface area contributed by atoms with Gasteiger partial charge in [-0.2, -0.15) is 0 Å². The molecule has 0 aliphatic carbocycles. The zero-order valence-corrected chi connectivity index (χ0v) is 7.46. The lowest BCUT2D eigenvalue weighted by Gasteiger charge is -2.08. The number of Topliss-reactive ketones (excluding diaryl/α,β-unsaturated/α-hetero) is 1. The third-order valence-corrected chi connectivity index (χ3v) is 1.61. The van der Waals surface area contributed by atoms with E-state index in [2.05, 4.69) is 0 Å². The summed E-state index contributed by atoms with van der Waals surface area (Å²) in [6.45, 7) is 6.17. The van der Waals surface area contributed by atoms with Crippen LogP contribution in [-0.4, -0.2) is 24.5 Å². The van der Waals surface area contributed by atoms with E-state index in [0.717, 1.165) is 6.42 Å². The molecule has 0 aromatic carbocycles. The molecule has 0 amide bonds. The van der Waals surface area contributed by atoms with Crippen LogP contribution >= 0.6 is 0 Å². The van der Waals surface area contributed by atoms with E-state index in [1.165, 1.54) is 0 Å². The summed E-state index contributed by atoms with van der Waals surface area (Å²) in [5, 5.41) is 0. The van der Waals surface area contributed by atoms with Gasteiger partial charge in [0, 0.05) is 0 Å². The highest BCUT2D eigenvalue weighted by molar-refractivity contribution is 5.87. The lowest BCUT2D eigenvalue weighted by molar-refractivity contribution is -0.118. The molecule has 1 saturated heterocycles. The maximum Gasteiger partial charge on any atom is 0.177 e. The summed E-state index contributed by atoms with van der Waals surface area (Å²) in [6.07, 6.45) is 0.796. The Morgan fingerprint density at radius 3 is 2.36 bits per heavy atom. The lowest BCUT2D eigenvalue weighted by atomic mass is 10.1. The quantitative estimate of drug-likeness (QED) is 0.613. The van der Waals surface area contributed by atoms with Crippen LogP contribution in [0, 0.1) is 0 Å². The fourth-order valence-electron chi connectivity index (χ4n) is 0.968. The highest BCUT2D eigenvalue weighted by Crippen LogP contribution is 2.10. The summed E-state index contributed by atoms with van der Waals surface area (Å²) in [6, 6.07) is -0.366. The molecule has 1 aliphatic rings. The predicted octanol–water partition coefficient (Wildman–Crippen LogP) is 0.718. The average molecular weight is 159 g/mol. The van der Waals surface area contributed by atoms with Gasteiger partial charge in [-0.05, 0) is 6.42 Å². The van der Waals surface area contributed by atoms with Crippen molar-refractivity contribution >= 4 is 5.78 Å². The molecule has 0 spiro atoms. The Morgan fingerprint density at radius 2 is 2.18 bits per heavy atom. The van der Waals surface area contributed by atoms with Crippen molar-refractivity contribution in [2.24, 2.45) is 5.73 Å². The van der Waals surface area contributed by atoms with Gasteiger partial charge in [0.2, 0.25) is 0 Å². The van der Waals surface area contributed by atoms with E-state index in [4.69, 9.17) is 10.5 Å². The standard InChI is InChI=1S/C6H11NO2.C2H6/c1-2-5-6(7)4(8)3-9-5;1-2/h5-6H,2-3,7H2,1H3;1-2H3. The molecule has 0 aromatic heterocycles. The summed E-state index contributed by atoms with van der Waals surface area (Å²) >= 11 is 0. The summed E-state index contributed by atoms with van der Waals surface area (Å²) in [7, 11) is 0. The number of carbonyl (C=O) groups is 1. The highest BCUT2D eigenvalue weighted by Gasteiger charge is 2.30. The van der Waals surface area contributed by atoms with Gasteiger partial charge >= 0.3 is 0 Å². The molecule has 1 rings (SSSR count). The van der Waals surface area contributed by atoms with E-state index in [0.29, 0.717) is 0 Å². The second-order valence-electron chi connectivity index (χ2n) is 2.25. The van der Waals surface area contributed by atoms with Gasteiger partial charge in [-0.3, -0.25) is 4.79 Å². The predicted molar refractivity (Wildman–Crippen MR) is 44.4 cm³/mol. The highest BCUT2D eigenvalue weighted by atomic mass is 16.5. The van der Waals surface area contributed by atoms with E-state index < -0.39 is 0 Å². The molecule has 66 valence electrons. The summed E-state index contributed by atoms with van der Waals surface area (Å²) in [4.78, 5) is 10.7. The van der Waals surface area contributed by atoms with E-state index in [-0.39, 0.29) is 24.5 Å². The minimum atomic E-state index is -0.366. The Hall–Kier alpha value is -0.410. The Balaban J connectivity index is 0.000000461. The molecule has 1 fully saturated rings. The topological polar surface area (TPSA) is 52.3 Å². The molecule has 0 saturated carbocycles. The van der Waals surface area contributed by atoms with E-state index >= 15 is 0 Å². The van der Waals surface area contributed by atoms with Crippen LogP contribution in [0.3, 0.4) is 0 Å². The van der Waals surface area contributed by atoms with Gasteiger partial charge in [0.25, 0.3) is 0 Å². The third kappa shape index (κ3) is 2.60. The van der Waals surface area contributed by atoms with Crippen LogP contribution in [0.15, 0.2) is 0 Å². The molecule has 2 unspecified atom stereocenters. The van der Waals surface area contributed by atoms with Gasteiger partial charge in [0.05, 0.1) is 12.1 Å². The van der Waals surface area contributed by atoms with Crippen molar-refractivity contribution in [1.29, 1.82) is 0 Å². The van der Waals surface area contributed by atoms with Gasteiger partial charge < -0.3 is 10.5 Å². The van der Waals surface area contributed by atoms with E-state index in [9.17, 15) is 4.79 Å². The van der Waals surface area contributed by atoms with Gasteiger partial charge in [-0.15, -0.1) is 0 Å². The first-order valence-corrected chi connectivity index (χ1v) is 4.15. The largest absolute Gasteiger partial charge is 0.368 e. The van der Waals surface area contributed by atoms with Crippen molar-refractivity contribution in [2.45, 2.75) is 39.3 Å². The monoisotopic (exact) mass is 159 g/mol. The number of rotatable bonds is 1. The number of nitrogens with two attached hydrogens (primary N) is 1. The van der Waals surface area contributed by atoms with Crippen LogP contribution in [0.2, 0.25) is 0 Å². The molecule has 1 aliphatic heterocycles. The molecule has 0 bridgehead atoms.